The Balaban J connectivity index is 2.51. The van der Waals surface area contributed by atoms with Crippen molar-refractivity contribution in [2.24, 2.45) is 0 Å². The molecule has 2 aromatic carbocycles. The lowest BCUT2D eigenvalue weighted by atomic mass is 9.95. The van der Waals surface area contributed by atoms with Crippen molar-refractivity contribution in [3.05, 3.63) is 89.1 Å². The third-order valence-corrected chi connectivity index (χ3v) is 4.21. The topological polar surface area (TPSA) is 12.0 Å². The molecule has 156 valence electrons. The van der Waals surface area contributed by atoms with Gasteiger partial charge in [0, 0.05) is 5.69 Å². The third kappa shape index (κ3) is 7.68. The van der Waals surface area contributed by atoms with Crippen molar-refractivity contribution >= 4 is 5.69 Å². The molecule has 29 heavy (non-hydrogen) atoms. The molecule has 1 nitrogen and oxygen atoms in total. The van der Waals surface area contributed by atoms with Crippen LogP contribution in [0.5, 0.6) is 0 Å². The molecule has 0 aliphatic rings. The van der Waals surface area contributed by atoms with Gasteiger partial charge in [-0.2, -0.15) is 26.3 Å². The van der Waals surface area contributed by atoms with Crippen LogP contribution in [0.1, 0.15) is 25.3 Å². The second kappa shape index (κ2) is 9.67. The van der Waals surface area contributed by atoms with Crippen LogP contribution in [0.3, 0.4) is 0 Å². The largest absolute Gasteiger partial charge is 0.431 e. The number of para-hydroxylation sites is 1. The van der Waals surface area contributed by atoms with Gasteiger partial charge in [-0.15, -0.1) is 0 Å². The highest BCUT2D eigenvalue weighted by atomic mass is 19.4. The van der Waals surface area contributed by atoms with Crippen LogP contribution >= 0.6 is 0 Å². The van der Waals surface area contributed by atoms with Crippen molar-refractivity contribution in [2.45, 2.75) is 38.5 Å². The van der Waals surface area contributed by atoms with Gasteiger partial charge in [0.15, 0.2) is 0 Å². The lowest BCUT2D eigenvalue weighted by Gasteiger charge is -2.19. The molecule has 0 aromatic heterocycles. The molecule has 0 aliphatic carbocycles. The molecule has 0 unspecified atom stereocenters. The first kappa shape index (κ1) is 22.6. The molecule has 0 spiro atoms. The summed E-state index contributed by atoms with van der Waals surface area (Å²) >= 11 is 0. The maximum Gasteiger partial charge on any atom is 0.431 e. The number of alkyl halides is 6. The molecule has 1 N–H and O–H groups in total. The minimum absolute atomic E-state index is 0.142. The van der Waals surface area contributed by atoms with Crippen LogP contribution in [-0.4, -0.2) is 12.4 Å². The molecule has 0 fully saturated rings. The van der Waals surface area contributed by atoms with E-state index in [2.05, 4.69) is 5.32 Å². The van der Waals surface area contributed by atoms with Crippen LogP contribution in [0.2, 0.25) is 0 Å². The zero-order chi connectivity index (χ0) is 21.5. The van der Waals surface area contributed by atoms with Crippen LogP contribution < -0.4 is 5.32 Å². The first-order valence-electron chi connectivity index (χ1n) is 9.01. The number of benzene rings is 2. The molecular weight excluding hydrogens is 392 g/mol. The van der Waals surface area contributed by atoms with Gasteiger partial charge in [0.05, 0.1) is 6.42 Å². The fourth-order valence-electron chi connectivity index (χ4n) is 2.84. The van der Waals surface area contributed by atoms with Crippen LogP contribution in [0.25, 0.3) is 0 Å². The number of anilines is 1. The summed E-state index contributed by atoms with van der Waals surface area (Å²) in [6, 6.07) is 16.2. The van der Waals surface area contributed by atoms with Crippen molar-refractivity contribution < 1.29 is 26.3 Å². The minimum Gasteiger partial charge on any atom is -0.352 e. The van der Waals surface area contributed by atoms with Crippen molar-refractivity contribution in [1.82, 2.24) is 0 Å². The smallest absolute Gasteiger partial charge is 0.352 e. The molecule has 0 saturated heterocycles. The van der Waals surface area contributed by atoms with Gasteiger partial charge >= 0.3 is 12.4 Å². The van der Waals surface area contributed by atoms with Crippen LogP contribution in [0, 0.1) is 0 Å². The predicted octanol–water partition coefficient (Wildman–Crippen LogP) is 7.45. The van der Waals surface area contributed by atoms with Gasteiger partial charge in [-0.25, -0.2) is 0 Å². The number of nitrogens with one attached hydrogen (secondary N) is 1. The Labute approximate surface area is 165 Å². The quantitative estimate of drug-likeness (QED) is 0.367. The molecule has 0 bridgehead atoms. The van der Waals surface area contributed by atoms with Crippen molar-refractivity contribution in [3.63, 3.8) is 0 Å². The fraction of sp³-hybridized carbons (Fsp3) is 0.273. The van der Waals surface area contributed by atoms with E-state index in [4.69, 9.17) is 0 Å². The summed E-state index contributed by atoms with van der Waals surface area (Å²) in [6.07, 6.45) is -9.96. The van der Waals surface area contributed by atoms with Gasteiger partial charge in [0.2, 0.25) is 0 Å². The number of hydrogen-bond donors (Lipinski definition) is 1. The van der Waals surface area contributed by atoms with E-state index in [1.54, 1.807) is 43.3 Å². The summed E-state index contributed by atoms with van der Waals surface area (Å²) < 4.78 is 80.1. The van der Waals surface area contributed by atoms with Crippen molar-refractivity contribution in [3.8, 4) is 0 Å². The van der Waals surface area contributed by atoms with E-state index in [-0.39, 0.29) is 24.1 Å². The van der Waals surface area contributed by atoms with E-state index in [0.29, 0.717) is 11.6 Å². The summed E-state index contributed by atoms with van der Waals surface area (Å²) in [6.45, 7) is 1.64. The summed E-state index contributed by atoms with van der Waals surface area (Å²) in [4.78, 5) is 0. The Morgan fingerprint density at radius 3 is 1.90 bits per heavy atom. The van der Waals surface area contributed by atoms with Crippen LogP contribution in [0.15, 0.2) is 83.6 Å². The van der Waals surface area contributed by atoms with E-state index >= 15 is 0 Å². The Kier molecular flexibility index (Phi) is 7.53. The zero-order valence-corrected chi connectivity index (χ0v) is 15.7. The fourth-order valence-corrected chi connectivity index (χ4v) is 2.84. The molecule has 0 atom stereocenters. The zero-order valence-electron chi connectivity index (χ0n) is 15.7. The third-order valence-electron chi connectivity index (χ3n) is 4.21. The number of allylic oxidation sites excluding steroid dienone is 4. The second-order valence-corrected chi connectivity index (χ2v) is 6.48. The highest BCUT2D eigenvalue weighted by molar-refractivity contribution is 5.51. The molecule has 0 amide bonds. The van der Waals surface area contributed by atoms with Gasteiger partial charge in [-0.05, 0) is 42.2 Å². The Morgan fingerprint density at radius 1 is 0.862 bits per heavy atom. The second-order valence-electron chi connectivity index (χ2n) is 6.48. The summed E-state index contributed by atoms with van der Waals surface area (Å²) in [5.41, 5.74) is -0.419. The standard InChI is InChI=1S/C22H21F6N/c1-2-17(13-16-9-5-3-6-10-16)18(15-21(23,24)25)14-20(22(26,27)28)29-19-11-7-4-8-12-19/h3-12,14,29H,2,13,15H2,1H3/b18-17-,20-14-. The molecular formula is C22H21F6N. The van der Waals surface area contributed by atoms with Crippen LogP contribution in [-0.2, 0) is 6.42 Å². The normalized spacial score (nSPS) is 13.8. The summed E-state index contributed by atoms with van der Waals surface area (Å²) in [7, 11) is 0. The number of hydrogen-bond acceptors (Lipinski definition) is 1. The van der Waals surface area contributed by atoms with Gasteiger partial charge in [-0.1, -0.05) is 61.0 Å². The van der Waals surface area contributed by atoms with Crippen LogP contribution in [0.4, 0.5) is 32.0 Å². The summed E-state index contributed by atoms with van der Waals surface area (Å²) in [5, 5.41) is 2.21. The maximum atomic E-state index is 13.6. The molecule has 0 heterocycles. The molecule has 0 aliphatic heterocycles. The molecule has 7 heteroatoms. The Bertz CT molecular complexity index is 833. The molecule has 2 rings (SSSR count). The van der Waals surface area contributed by atoms with E-state index in [0.717, 1.165) is 5.56 Å². The minimum atomic E-state index is -4.84. The van der Waals surface area contributed by atoms with Crippen molar-refractivity contribution in [1.29, 1.82) is 0 Å². The molecule has 0 radical (unpaired) electrons. The van der Waals surface area contributed by atoms with E-state index in [9.17, 15) is 26.3 Å². The highest BCUT2D eigenvalue weighted by Gasteiger charge is 2.36. The Morgan fingerprint density at radius 2 is 1.41 bits per heavy atom. The number of rotatable bonds is 7. The average molecular weight is 413 g/mol. The highest BCUT2D eigenvalue weighted by Crippen LogP contribution is 2.34. The van der Waals surface area contributed by atoms with Gasteiger partial charge in [-0.3, -0.25) is 0 Å². The lowest BCUT2D eigenvalue weighted by Crippen LogP contribution is -2.20. The van der Waals surface area contributed by atoms with E-state index in [1.807, 2.05) is 0 Å². The van der Waals surface area contributed by atoms with Crippen molar-refractivity contribution in [2.75, 3.05) is 5.32 Å². The maximum absolute atomic E-state index is 13.6. The average Bonchev–Trinajstić information content (AvgIpc) is 2.65. The van der Waals surface area contributed by atoms with Gasteiger partial charge in [0.1, 0.15) is 5.70 Å². The molecule has 2 aromatic rings. The Hall–Kier alpha value is -2.70. The molecule has 0 saturated carbocycles. The predicted molar refractivity (Wildman–Crippen MR) is 102 cm³/mol. The first-order chi connectivity index (χ1) is 13.6. The SMILES string of the molecule is CC/C(Cc1ccccc1)=C(\C=C(/Nc1ccccc1)C(F)(F)F)CC(F)(F)F. The number of halogens is 6. The first-order valence-corrected chi connectivity index (χ1v) is 9.01. The van der Waals surface area contributed by atoms with E-state index < -0.39 is 24.5 Å². The monoisotopic (exact) mass is 413 g/mol. The van der Waals surface area contributed by atoms with Gasteiger partial charge in [0.25, 0.3) is 0 Å². The summed E-state index contributed by atoms with van der Waals surface area (Å²) in [5.74, 6) is 0. The van der Waals surface area contributed by atoms with E-state index in [1.165, 1.54) is 24.3 Å². The van der Waals surface area contributed by atoms with Gasteiger partial charge < -0.3 is 5.32 Å². The lowest BCUT2D eigenvalue weighted by molar-refractivity contribution is -0.127.